The summed E-state index contributed by atoms with van der Waals surface area (Å²) in [4.78, 5) is 0. The van der Waals surface area contributed by atoms with Crippen molar-refractivity contribution < 1.29 is 5.11 Å². The Labute approximate surface area is 85.5 Å². The molecule has 0 heterocycles. The fourth-order valence-electron chi connectivity index (χ4n) is 0.966. The van der Waals surface area contributed by atoms with Gasteiger partial charge in [-0.1, -0.05) is 27.5 Å². The van der Waals surface area contributed by atoms with Crippen LogP contribution in [0.2, 0.25) is 5.02 Å². The van der Waals surface area contributed by atoms with Gasteiger partial charge in [0.1, 0.15) is 0 Å². The van der Waals surface area contributed by atoms with Gasteiger partial charge >= 0.3 is 0 Å². The predicted octanol–water partition coefficient (Wildman–Crippen LogP) is 3.33. The summed E-state index contributed by atoms with van der Waals surface area (Å²) >= 11 is 9.14. The standard InChI is InChI=1S/C9H10BrClO/c1-9(2,12)7-5-6(11)3-4-8(7)10/h3-5,12H,1-2H3. The zero-order valence-corrected chi connectivity index (χ0v) is 9.28. The predicted molar refractivity (Wildman–Crippen MR) is 54.4 cm³/mol. The van der Waals surface area contributed by atoms with Crippen molar-refractivity contribution in [3.05, 3.63) is 33.3 Å². The second-order valence-electron chi connectivity index (χ2n) is 3.18. The van der Waals surface area contributed by atoms with Gasteiger partial charge in [0.25, 0.3) is 0 Å². The van der Waals surface area contributed by atoms with Crippen LogP contribution in [0.4, 0.5) is 0 Å². The smallest absolute Gasteiger partial charge is 0.0851 e. The Balaban J connectivity index is 3.23. The van der Waals surface area contributed by atoms with E-state index in [0.29, 0.717) is 5.02 Å². The van der Waals surface area contributed by atoms with Crippen LogP contribution in [0.25, 0.3) is 0 Å². The molecule has 0 aliphatic heterocycles. The fourth-order valence-corrected chi connectivity index (χ4v) is 1.87. The monoisotopic (exact) mass is 248 g/mol. The average Bonchev–Trinajstić information content (AvgIpc) is 1.92. The van der Waals surface area contributed by atoms with Crippen molar-refractivity contribution in [3.63, 3.8) is 0 Å². The van der Waals surface area contributed by atoms with Crippen LogP contribution in [0.1, 0.15) is 19.4 Å². The van der Waals surface area contributed by atoms with Crippen LogP contribution in [0.3, 0.4) is 0 Å². The second-order valence-corrected chi connectivity index (χ2v) is 4.47. The molecule has 66 valence electrons. The summed E-state index contributed by atoms with van der Waals surface area (Å²) in [6.45, 7) is 3.45. The van der Waals surface area contributed by atoms with Gasteiger partial charge in [-0.15, -0.1) is 0 Å². The van der Waals surface area contributed by atoms with Gasteiger partial charge in [-0.25, -0.2) is 0 Å². The zero-order valence-electron chi connectivity index (χ0n) is 6.94. The van der Waals surface area contributed by atoms with E-state index in [1.165, 1.54) is 0 Å². The normalized spacial score (nSPS) is 11.8. The summed E-state index contributed by atoms with van der Waals surface area (Å²) in [7, 11) is 0. The van der Waals surface area contributed by atoms with E-state index in [4.69, 9.17) is 11.6 Å². The Hall–Kier alpha value is -0.0500. The minimum Gasteiger partial charge on any atom is -0.386 e. The Bertz CT molecular complexity index is 291. The third kappa shape index (κ3) is 2.22. The summed E-state index contributed by atoms with van der Waals surface area (Å²) in [6.07, 6.45) is 0. The summed E-state index contributed by atoms with van der Waals surface area (Å²) < 4.78 is 0.874. The van der Waals surface area contributed by atoms with Crippen LogP contribution in [0, 0.1) is 0 Å². The largest absolute Gasteiger partial charge is 0.386 e. The zero-order chi connectivity index (χ0) is 9.35. The van der Waals surface area contributed by atoms with Crippen LogP contribution in [0.15, 0.2) is 22.7 Å². The molecule has 0 aliphatic rings. The maximum Gasteiger partial charge on any atom is 0.0851 e. The highest BCUT2D eigenvalue weighted by Gasteiger charge is 2.18. The molecule has 1 aromatic carbocycles. The number of halogens is 2. The van der Waals surface area contributed by atoms with E-state index in [2.05, 4.69) is 15.9 Å². The van der Waals surface area contributed by atoms with E-state index in [1.807, 2.05) is 6.07 Å². The van der Waals surface area contributed by atoms with Gasteiger partial charge in [0.05, 0.1) is 5.60 Å². The third-order valence-corrected chi connectivity index (χ3v) is 2.51. The first-order chi connectivity index (χ1) is 5.41. The molecule has 0 amide bonds. The van der Waals surface area contributed by atoms with Crippen LogP contribution < -0.4 is 0 Å². The molecule has 0 aliphatic carbocycles. The van der Waals surface area contributed by atoms with Gasteiger partial charge in [0.2, 0.25) is 0 Å². The van der Waals surface area contributed by atoms with E-state index in [1.54, 1.807) is 26.0 Å². The molecule has 0 saturated heterocycles. The molecule has 1 N–H and O–H groups in total. The van der Waals surface area contributed by atoms with Gasteiger partial charge in [0, 0.05) is 9.50 Å². The van der Waals surface area contributed by atoms with Gasteiger partial charge < -0.3 is 5.11 Å². The molecular weight excluding hydrogens is 239 g/mol. The molecule has 3 heteroatoms. The Morgan fingerprint density at radius 2 is 2.00 bits per heavy atom. The van der Waals surface area contributed by atoms with Gasteiger partial charge in [-0.3, -0.25) is 0 Å². The number of hydrogen-bond acceptors (Lipinski definition) is 1. The second kappa shape index (κ2) is 3.36. The van der Waals surface area contributed by atoms with E-state index in [9.17, 15) is 5.11 Å². The fraction of sp³-hybridized carbons (Fsp3) is 0.333. The molecule has 0 fully saturated rings. The van der Waals surface area contributed by atoms with E-state index in [-0.39, 0.29) is 0 Å². The van der Waals surface area contributed by atoms with Crippen molar-refractivity contribution in [1.29, 1.82) is 0 Å². The minimum absolute atomic E-state index is 0.635. The molecule has 1 nitrogen and oxygen atoms in total. The van der Waals surface area contributed by atoms with Crippen molar-refractivity contribution in [2.75, 3.05) is 0 Å². The number of aliphatic hydroxyl groups is 1. The van der Waals surface area contributed by atoms with Crippen molar-refractivity contribution in [2.24, 2.45) is 0 Å². The molecule has 0 saturated carbocycles. The minimum atomic E-state index is -0.857. The van der Waals surface area contributed by atoms with Crippen molar-refractivity contribution in [2.45, 2.75) is 19.4 Å². The Kier molecular flexibility index (Phi) is 2.81. The maximum absolute atomic E-state index is 9.71. The lowest BCUT2D eigenvalue weighted by Gasteiger charge is -2.19. The van der Waals surface area contributed by atoms with Gasteiger partial charge in [-0.05, 0) is 37.6 Å². The molecule has 1 aromatic rings. The summed E-state index contributed by atoms with van der Waals surface area (Å²) in [6, 6.07) is 5.36. The molecule has 12 heavy (non-hydrogen) atoms. The molecule has 0 bridgehead atoms. The summed E-state index contributed by atoms with van der Waals surface area (Å²) in [5, 5.41) is 10.3. The van der Waals surface area contributed by atoms with Crippen LogP contribution >= 0.6 is 27.5 Å². The summed E-state index contributed by atoms with van der Waals surface area (Å²) in [5.41, 5.74) is -0.0565. The third-order valence-electron chi connectivity index (χ3n) is 1.59. The number of rotatable bonds is 1. The van der Waals surface area contributed by atoms with Crippen molar-refractivity contribution >= 4 is 27.5 Å². The first kappa shape index (κ1) is 10.0. The maximum atomic E-state index is 9.71. The highest BCUT2D eigenvalue weighted by molar-refractivity contribution is 9.10. The molecule has 0 aromatic heterocycles. The number of hydrogen-bond donors (Lipinski definition) is 1. The lowest BCUT2D eigenvalue weighted by atomic mass is 9.99. The van der Waals surface area contributed by atoms with Crippen molar-refractivity contribution in [1.82, 2.24) is 0 Å². The van der Waals surface area contributed by atoms with Crippen LogP contribution in [-0.4, -0.2) is 5.11 Å². The molecule has 0 unspecified atom stereocenters. The molecule has 0 atom stereocenters. The van der Waals surface area contributed by atoms with Crippen LogP contribution in [-0.2, 0) is 5.60 Å². The van der Waals surface area contributed by atoms with E-state index in [0.717, 1.165) is 10.0 Å². The highest BCUT2D eigenvalue weighted by atomic mass is 79.9. The molecule has 0 spiro atoms. The van der Waals surface area contributed by atoms with Gasteiger partial charge in [0.15, 0.2) is 0 Å². The Morgan fingerprint density at radius 3 is 2.42 bits per heavy atom. The Morgan fingerprint density at radius 1 is 1.42 bits per heavy atom. The quantitative estimate of drug-likeness (QED) is 0.809. The summed E-state index contributed by atoms with van der Waals surface area (Å²) in [5.74, 6) is 0. The first-order valence-electron chi connectivity index (χ1n) is 3.59. The SMILES string of the molecule is CC(C)(O)c1cc(Cl)ccc1Br. The van der Waals surface area contributed by atoms with Crippen molar-refractivity contribution in [3.8, 4) is 0 Å². The first-order valence-corrected chi connectivity index (χ1v) is 4.76. The molecular formula is C9H10BrClO. The lowest BCUT2D eigenvalue weighted by Crippen LogP contribution is -2.15. The van der Waals surface area contributed by atoms with E-state index >= 15 is 0 Å². The number of benzene rings is 1. The van der Waals surface area contributed by atoms with Crippen LogP contribution in [0.5, 0.6) is 0 Å². The van der Waals surface area contributed by atoms with E-state index < -0.39 is 5.60 Å². The average molecular weight is 250 g/mol. The topological polar surface area (TPSA) is 20.2 Å². The lowest BCUT2D eigenvalue weighted by molar-refractivity contribution is 0.0778. The molecule has 1 rings (SSSR count). The molecule has 0 radical (unpaired) electrons. The van der Waals surface area contributed by atoms with Gasteiger partial charge in [-0.2, -0.15) is 0 Å². The highest BCUT2D eigenvalue weighted by Crippen LogP contribution is 2.30.